The van der Waals surface area contributed by atoms with Crippen molar-refractivity contribution in [3.8, 4) is 17.6 Å². The SMILES string of the molecule is CCCC(CC#CCCn1c(=O)cnc2ccc(OC)cc21)NCc1cnc(C)c(Cl)c1. The van der Waals surface area contributed by atoms with E-state index in [1.54, 1.807) is 11.7 Å². The number of benzene rings is 1. The molecule has 168 valence electrons. The van der Waals surface area contributed by atoms with Crippen molar-refractivity contribution >= 4 is 22.6 Å². The number of methoxy groups -OCH3 is 1. The Morgan fingerprint density at radius 1 is 1.22 bits per heavy atom. The first-order chi connectivity index (χ1) is 15.5. The second kappa shape index (κ2) is 11.7. The maximum absolute atomic E-state index is 12.3. The summed E-state index contributed by atoms with van der Waals surface area (Å²) in [5.41, 5.74) is 3.29. The Labute approximate surface area is 194 Å². The zero-order valence-electron chi connectivity index (χ0n) is 18.8. The monoisotopic (exact) mass is 452 g/mol. The Morgan fingerprint density at radius 2 is 2.06 bits per heavy atom. The first kappa shape index (κ1) is 23.8. The third kappa shape index (κ3) is 6.32. The zero-order chi connectivity index (χ0) is 22.9. The van der Waals surface area contributed by atoms with Crippen molar-refractivity contribution in [2.24, 2.45) is 0 Å². The first-order valence-electron chi connectivity index (χ1n) is 10.9. The minimum absolute atomic E-state index is 0.136. The largest absolute Gasteiger partial charge is 0.497 e. The van der Waals surface area contributed by atoms with Gasteiger partial charge in [0.25, 0.3) is 5.56 Å². The molecule has 1 unspecified atom stereocenters. The minimum atomic E-state index is -0.136. The van der Waals surface area contributed by atoms with Crippen molar-refractivity contribution < 1.29 is 4.74 Å². The number of nitrogens with one attached hydrogen (secondary N) is 1. The van der Waals surface area contributed by atoms with Gasteiger partial charge < -0.3 is 14.6 Å². The van der Waals surface area contributed by atoms with E-state index in [0.29, 0.717) is 36.3 Å². The number of aromatic nitrogens is 3. The van der Waals surface area contributed by atoms with E-state index in [9.17, 15) is 4.79 Å². The molecule has 3 aromatic rings. The van der Waals surface area contributed by atoms with Gasteiger partial charge >= 0.3 is 0 Å². The summed E-state index contributed by atoms with van der Waals surface area (Å²) >= 11 is 6.18. The molecule has 6 nitrogen and oxygen atoms in total. The molecule has 1 aromatic carbocycles. The van der Waals surface area contributed by atoms with Crippen LogP contribution in [0, 0.1) is 18.8 Å². The van der Waals surface area contributed by atoms with Crippen LogP contribution in [0.4, 0.5) is 0 Å². The van der Waals surface area contributed by atoms with E-state index in [0.717, 1.165) is 41.6 Å². The van der Waals surface area contributed by atoms with Gasteiger partial charge in [-0.3, -0.25) is 9.78 Å². The summed E-state index contributed by atoms with van der Waals surface area (Å²) < 4.78 is 6.99. The Balaban J connectivity index is 1.59. The zero-order valence-corrected chi connectivity index (χ0v) is 19.6. The van der Waals surface area contributed by atoms with Gasteiger partial charge in [-0.1, -0.05) is 24.9 Å². The van der Waals surface area contributed by atoms with Gasteiger partial charge in [0, 0.05) is 44.2 Å². The van der Waals surface area contributed by atoms with E-state index in [4.69, 9.17) is 16.3 Å². The predicted molar refractivity (Wildman–Crippen MR) is 129 cm³/mol. The topological polar surface area (TPSA) is 69.0 Å². The van der Waals surface area contributed by atoms with E-state index in [-0.39, 0.29) is 5.56 Å². The molecule has 0 radical (unpaired) electrons. The third-order valence-corrected chi connectivity index (χ3v) is 5.68. The lowest BCUT2D eigenvalue weighted by atomic mass is 10.1. The number of pyridine rings is 1. The molecule has 0 amide bonds. The van der Waals surface area contributed by atoms with Crippen LogP contribution in [0.1, 0.15) is 43.9 Å². The van der Waals surface area contributed by atoms with Crippen LogP contribution in [-0.4, -0.2) is 27.7 Å². The molecule has 0 aliphatic heterocycles. The second-order valence-electron chi connectivity index (χ2n) is 7.69. The highest BCUT2D eigenvalue weighted by Gasteiger charge is 2.08. The minimum Gasteiger partial charge on any atom is -0.497 e. The van der Waals surface area contributed by atoms with Crippen molar-refractivity contribution in [1.82, 2.24) is 19.9 Å². The van der Waals surface area contributed by atoms with E-state index in [1.807, 2.05) is 37.4 Å². The van der Waals surface area contributed by atoms with Crippen LogP contribution in [-0.2, 0) is 13.1 Å². The predicted octanol–water partition coefficient (Wildman–Crippen LogP) is 4.50. The van der Waals surface area contributed by atoms with Crippen LogP contribution in [0.2, 0.25) is 5.02 Å². The fraction of sp³-hybridized carbons (Fsp3) is 0.400. The fourth-order valence-electron chi connectivity index (χ4n) is 3.48. The van der Waals surface area contributed by atoms with Crippen LogP contribution in [0.3, 0.4) is 0 Å². The number of rotatable bonds is 9. The number of halogens is 1. The van der Waals surface area contributed by atoms with E-state index in [2.05, 4.69) is 34.0 Å². The normalized spacial score (nSPS) is 11.8. The van der Waals surface area contributed by atoms with E-state index < -0.39 is 0 Å². The average Bonchev–Trinajstić information content (AvgIpc) is 2.80. The molecule has 0 spiro atoms. The van der Waals surface area contributed by atoms with Gasteiger partial charge in [-0.2, -0.15) is 0 Å². The van der Waals surface area contributed by atoms with Crippen molar-refractivity contribution in [3.63, 3.8) is 0 Å². The molecular weight excluding hydrogens is 424 g/mol. The van der Waals surface area contributed by atoms with Crippen LogP contribution in [0.25, 0.3) is 11.0 Å². The molecule has 1 N–H and O–H groups in total. The molecule has 32 heavy (non-hydrogen) atoms. The Hall–Kier alpha value is -2.88. The number of nitrogens with zero attached hydrogens (tertiary/aromatic N) is 3. The molecule has 0 aliphatic carbocycles. The first-order valence-corrected chi connectivity index (χ1v) is 11.2. The summed E-state index contributed by atoms with van der Waals surface area (Å²) in [6.07, 6.45) is 6.67. The van der Waals surface area contributed by atoms with Crippen LogP contribution in [0.5, 0.6) is 5.75 Å². The molecule has 1 atom stereocenters. The highest BCUT2D eigenvalue weighted by atomic mass is 35.5. The molecule has 2 heterocycles. The molecule has 2 aromatic heterocycles. The number of hydrogen-bond donors (Lipinski definition) is 1. The van der Waals surface area contributed by atoms with E-state index in [1.165, 1.54) is 6.20 Å². The summed E-state index contributed by atoms with van der Waals surface area (Å²) in [7, 11) is 1.61. The lowest BCUT2D eigenvalue weighted by molar-refractivity contribution is 0.415. The number of ether oxygens (including phenoxy) is 1. The second-order valence-corrected chi connectivity index (χ2v) is 8.09. The summed E-state index contributed by atoms with van der Waals surface area (Å²) in [4.78, 5) is 20.9. The van der Waals surface area contributed by atoms with Crippen LogP contribution >= 0.6 is 11.6 Å². The van der Waals surface area contributed by atoms with Gasteiger partial charge in [0.2, 0.25) is 0 Å². The molecule has 0 saturated heterocycles. The maximum Gasteiger partial charge on any atom is 0.269 e. The van der Waals surface area contributed by atoms with Crippen molar-refractivity contribution in [3.05, 3.63) is 63.3 Å². The highest BCUT2D eigenvalue weighted by Crippen LogP contribution is 2.18. The van der Waals surface area contributed by atoms with Gasteiger partial charge in [0.05, 0.1) is 35.1 Å². The van der Waals surface area contributed by atoms with E-state index >= 15 is 0 Å². The number of hydrogen-bond acceptors (Lipinski definition) is 5. The molecule has 3 rings (SSSR count). The molecular formula is C25H29ClN4O2. The summed E-state index contributed by atoms with van der Waals surface area (Å²) in [5, 5.41) is 4.25. The Bertz CT molecular complexity index is 1180. The number of aryl methyl sites for hydroxylation is 2. The molecule has 0 saturated carbocycles. The smallest absolute Gasteiger partial charge is 0.269 e. The molecule has 0 fully saturated rings. The molecule has 0 bridgehead atoms. The molecule has 0 aliphatic rings. The summed E-state index contributed by atoms with van der Waals surface area (Å²) in [6, 6.07) is 7.78. The molecule has 7 heteroatoms. The van der Waals surface area contributed by atoms with Crippen molar-refractivity contribution in [2.75, 3.05) is 7.11 Å². The lowest BCUT2D eigenvalue weighted by Crippen LogP contribution is -2.28. The van der Waals surface area contributed by atoms with Gasteiger partial charge in [-0.25, -0.2) is 4.98 Å². The fourth-order valence-corrected chi connectivity index (χ4v) is 3.67. The Morgan fingerprint density at radius 3 is 2.81 bits per heavy atom. The summed E-state index contributed by atoms with van der Waals surface area (Å²) in [5.74, 6) is 7.20. The van der Waals surface area contributed by atoms with Crippen LogP contribution < -0.4 is 15.6 Å². The van der Waals surface area contributed by atoms with Gasteiger partial charge in [-0.15, -0.1) is 11.8 Å². The number of fused-ring (bicyclic) bond motifs is 1. The third-order valence-electron chi connectivity index (χ3n) is 5.30. The van der Waals surface area contributed by atoms with Crippen LogP contribution in [0.15, 0.2) is 41.5 Å². The highest BCUT2D eigenvalue weighted by molar-refractivity contribution is 6.31. The average molecular weight is 453 g/mol. The summed E-state index contributed by atoms with van der Waals surface area (Å²) in [6.45, 7) is 5.28. The lowest BCUT2D eigenvalue weighted by Gasteiger charge is -2.15. The Kier molecular flexibility index (Phi) is 8.66. The van der Waals surface area contributed by atoms with Crippen molar-refractivity contribution in [1.29, 1.82) is 0 Å². The standard InChI is InChI=1S/C25H29ClN4O2/c1-4-8-20(28-16-19-13-22(26)18(2)27-15-19)9-6-5-7-12-30-24-14-21(32-3)10-11-23(24)29-17-25(30)31/h10-11,13-15,17,20,28H,4,7-9,12,16H2,1-3H3. The quantitative estimate of drug-likeness (QED) is 0.484. The van der Waals surface area contributed by atoms with Crippen molar-refractivity contribution in [2.45, 2.75) is 58.7 Å². The van der Waals surface area contributed by atoms with Gasteiger partial charge in [-0.05, 0) is 37.1 Å². The van der Waals surface area contributed by atoms with Gasteiger partial charge in [0.15, 0.2) is 0 Å². The van der Waals surface area contributed by atoms with Gasteiger partial charge in [0.1, 0.15) is 5.75 Å². The maximum atomic E-state index is 12.3.